The van der Waals surface area contributed by atoms with Crippen LogP contribution in [0.5, 0.6) is 0 Å². The van der Waals surface area contributed by atoms with E-state index in [0.29, 0.717) is 5.56 Å². The third-order valence-electron chi connectivity index (χ3n) is 10.1. The molecule has 0 aliphatic carbocycles. The molecule has 0 aliphatic rings. The summed E-state index contributed by atoms with van der Waals surface area (Å²) in [6, 6.07) is 40.5. The van der Waals surface area contributed by atoms with E-state index >= 15 is 0 Å². The van der Waals surface area contributed by atoms with E-state index in [0.717, 1.165) is 84.9 Å². The summed E-state index contributed by atoms with van der Waals surface area (Å²) >= 11 is 0. The lowest BCUT2D eigenvalue weighted by Crippen LogP contribution is -2.10. The number of nitrogens with zero attached hydrogens (tertiary/aromatic N) is 4. The molecule has 7 aromatic carbocycles. The average Bonchev–Trinajstić information content (AvgIpc) is 3.67. The van der Waals surface area contributed by atoms with Gasteiger partial charge in [-0.25, -0.2) is 26.3 Å². The molecule has 2 heterocycles. The molecule has 0 fully saturated rings. The Morgan fingerprint density at radius 1 is 0.436 bits per heavy atom. The third kappa shape index (κ3) is 5.72. The first-order valence-electron chi connectivity index (χ1n) is 17.3. The van der Waals surface area contributed by atoms with Crippen LogP contribution in [0.15, 0.2) is 133 Å². The Morgan fingerprint density at radius 3 is 1.24 bits per heavy atom. The van der Waals surface area contributed by atoms with Gasteiger partial charge in [0.1, 0.15) is 0 Å². The Bertz CT molecular complexity index is 2810. The number of anilines is 3. The lowest BCUT2D eigenvalue weighted by Gasteiger charge is -2.26. The first-order valence-corrected chi connectivity index (χ1v) is 17.3. The highest BCUT2D eigenvalue weighted by Crippen LogP contribution is 2.41. The fourth-order valence-electron chi connectivity index (χ4n) is 7.60. The maximum Gasteiger partial charge on any atom is 0.194 e. The van der Waals surface area contributed by atoms with Gasteiger partial charge in [-0.2, -0.15) is 5.26 Å². The molecular weight excluding hydrogens is 711 g/mol. The summed E-state index contributed by atoms with van der Waals surface area (Å²) in [6.07, 6.45) is 0. The van der Waals surface area contributed by atoms with Gasteiger partial charge < -0.3 is 14.0 Å². The van der Waals surface area contributed by atoms with Crippen LogP contribution in [0, 0.1) is 46.2 Å². The molecule has 0 bridgehead atoms. The molecule has 0 N–H and O–H groups in total. The molecule has 9 aromatic rings. The first kappa shape index (κ1) is 33.8. The highest BCUT2D eigenvalue weighted by molar-refractivity contribution is 6.11. The molecule has 0 radical (unpaired) electrons. The van der Waals surface area contributed by atoms with Crippen LogP contribution in [0.1, 0.15) is 16.7 Å². The quantitative estimate of drug-likeness (QED) is 0.121. The summed E-state index contributed by atoms with van der Waals surface area (Å²) in [5.74, 6) is -8.05. The van der Waals surface area contributed by atoms with Crippen molar-refractivity contribution < 1.29 is 26.3 Å². The molecule has 10 heteroatoms. The Kier molecular flexibility index (Phi) is 8.08. The number of hydrogen-bond donors (Lipinski definition) is 0. The molecule has 2 aromatic heterocycles. The third-order valence-corrected chi connectivity index (χ3v) is 10.1. The molecule has 0 atom stereocenters. The fourth-order valence-corrected chi connectivity index (χ4v) is 7.60. The second kappa shape index (κ2) is 13.1. The molecule has 9 rings (SSSR count). The number of aromatic nitrogens is 2. The molecule has 0 saturated heterocycles. The van der Waals surface area contributed by atoms with Gasteiger partial charge >= 0.3 is 0 Å². The standard InChI is InChI=1S/C45H26F6N4/c46-36-17-27(18-37(47)44(36)50)24-53-40-7-3-1-5-32(40)34-21-30(13-15-42(34)53)55(29-11-9-26(23-52)10-12-29)31-14-16-43-35(22-31)33-6-2-4-8-41(33)54(43)25-28-19-38(48)45(51)39(49)20-28/h1-22H,24-25H2. The van der Waals surface area contributed by atoms with Crippen molar-refractivity contribution in [2.24, 2.45) is 0 Å². The summed E-state index contributed by atoms with van der Waals surface area (Å²) in [7, 11) is 0. The zero-order valence-corrected chi connectivity index (χ0v) is 28.7. The van der Waals surface area contributed by atoms with E-state index in [2.05, 4.69) is 6.07 Å². The van der Waals surface area contributed by atoms with Gasteiger partial charge in [0.15, 0.2) is 34.9 Å². The van der Waals surface area contributed by atoms with E-state index in [-0.39, 0.29) is 24.2 Å². The maximum absolute atomic E-state index is 14.2. The minimum Gasteiger partial charge on any atom is -0.336 e. The molecular formula is C45H26F6N4. The molecule has 0 unspecified atom stereocenters. The predicted molar refractivity (Wildman–Crippen MR) is 203 cm³/mol. The minimum atomic E-state index is -1.51. The molecule has 0 aliphatic heterocycles. The highest BCUT2D eigenvalue weighted by atomic mass is 19.2. The van der Waals surface area contributed by atoms with E-state index in [1.54, 1.807) is 12.1 Å². The highest BCUT2D eigenvalue weighted by Gasteiger charge is 2.21. The number of rotatable bonds is 7. The van der Waals surface area contributed by atoms with Crippen molar-refractivity contribution >= 4 is 60.7 Å². The fraction of sp³-hybridized carbons (Fsp3) is 0.0444. The number of halogens is 6. The van der Waals surface area contributed by atoms with Crippen molar-refractivity contribution in [3.8, 4) is 6.07 Å². The smallest absolute Gasteiger partial charge is 0.194 e. The number of para-hydroxylation sites is 2. The van der Waals surface area contributed by atoms with Gasteiger partial charge in [-0.05, 0) is 108 Å². The molecule has 0 amide bonds. The topological polar surface area (TPSA) is 36.9 Å². The second-order valence-corrected chi connectivity index (χ2v) is 13.4. The van der Waals surface area contributed by atoms with Gasteiger partial charge in [-0.3, -0.25) is 0 Å². The first-order chi connectivity index (χ1) is 26.7. The summed E-state index contributed by atoms with van der Waals surface area (Å²) in [4.78, 5) is 2.05. The Balaban J connectivity index is 1.21. The number of nitriles is 1. The van der Waals surface area contributed by atoms with Gasteiger partial charge in [0, 0.05) is 73.8 Å². The summed E-state index contributed by atoms with van der Waals surface area (Å²) in [5.41, 5.74) is 6.57. The van der Waals surface area contributed by atoms with Crippen LogP contribution in [0.2, 0.25) is 0 Å². The van der Waals surface area contributed by atoms with Crippen LogP contribution in [-0.2, 0) is 13.1 Å². The Morgan fingerprint density at radius 2 is 0.818 bits per heavy atom. The van der Waals surface area contributed by atoms with Crippen LogP contribution >= 0.6 is 0 Å². The maximum atomic E-state index is 14.2. The zero-order chi connectivity index (χ0) is 38.0. The van der Waals surface area contributed by atoms with E-state index < -0.39 is 34.9 Å². The lowest BCUT2D eigenvalue weighted by atomic mass is 10.1. The molecule has 0 spiro atoms. The van der Waals surface area contributed by atoms with E-state index in [1.807, 2.05) is 111 Å². The van der Waals surface area contributed by atoms with Gasteiger partial charge in [0.25, 0.3) is 0 Å². The molecule has 268 valence electrons. The van der Waals surface area contributed by atoms with E-state index in [9.17, 15) is 31.6 Å². The number of benzene rings is 7. The van der Waals surface area contributed by atoms with Crippen molar-refractivity contribution in [1.82, 2.24) is 9.13 Å². The largest absolute Gasteiger partial charge is 0.336 e. The number of hydrogen-bond acceptors (Lipinski definition) is 2. The van der Waals surface area contributed by atoms with Crippen molar-refractivity contribution in [3.05, 3.63) is 185 Å². The van der Waals surface area contributed by atoms with Crippen LogP contribution < -0.4 is 4.90 Å². The van der Waals surface area contributed by atoms with E-state index in [1.165, 1.54) is 0 Å². The number of fused-ring (bicyclic) bond motifs is 6. The van der Waals surface area contributed by atoms with Crippen LogP contribution in [0.25, 0.3) is 43.6 Å². The van der Waals surface area contributed by atoms with Gasteiger partial charge in [0.2, 0.25) is 0 Å². The molecule has 0 saturated carbocycles. The van der Waals surface area contributed by atoms with Crippen molar-refractivity contribution in [2.45, 2.75) is 13.1 Å². The van der Waals surface area contributed by atoms with Crippen molar-refractivity contribution in [3.63, 3.8) is 0 Å². The van der Waals surface area contributed by atoms with Gasteiger partial charge in [0.05, 0.1) is 11.6 Å². The summed E-state index contributed by atoms with van der Waals surface area (Å²) < 4.78 is 88.5. The van der Waals surface area contributed by atoms with Gasteiger partial charge in [-0.1, -0.05) is 36.4 Å². The average molecular weight is 737 g/mol. The monoisotopic (exact) mass is 736 g/mol. The normalized spacial score (nSPS) is 11.6. The predicted octanol–water partition coefficient (Wildman–Crippen LogP) is 12.2. The second-order valence-electron chi connectivity index (χ2n) is 13.4. The molecule has 4 nitrogen and oxygen atoms in total. The van der Waals surface area contributed by atoms with Gasteiger partial charge in [-0.15, -0.1) is 0 Å². The van der Waals surface area contributed by atoms with Crippen molar-refractivity contribution in [1.29, 1.82) is 5.26 Å². The zero-order valence-electron chi connectivity index (χ0n) is 28.7. The Hall–Kier alpha value is -6.99. The SMILES string of the molecule is N#Cc1ccc(N(c2ccc3c(c2)c2ccccc2n3Cc2cc(F)c(F)c(F)c2)c2ccc3c(c2)c2ccccc2n3Cc2cc(F)c(F)c(F)c2)cc1. The molecule has 55 heavy (non-hydrogen) atoms. The summed E-state index contributed by atoms with van der Waals surface area (Å²) in [6.45, 7) is 0.184. The van der Waals surface area contributed by atoms with E-state index in [4.69, 9.17) is 0 Å². The van der Waals surface area contributed by atoms with Crippen molar-refractivity contribution in [2.75, 3.05) is 4.90 Å². The van der Waals surface area contributed by atoms with Crippen LogP contribution in [-0.4, -0.2) is 9.13 Å². The van der Waals surface area contributed by atoms with Crippen LogP contribution in [0.4, 0.5) is 43.4 Å². The minimum absolute atomic E-state index is 0.0920. The lowest BCUT2D eigenvalue weighted by molar-refractivity contribution is 0.445. The van der Waals surface area contributed by atoms with Crippen LogP contribution in [0.3, 0.4) is 0 Å². The Labute approximate surface area is 309 Å². The summed E-state index contributed by atoms with van der Waals surface area (Å²) in [5, 5.41) is 13.1.